The molecule has 0 N–H and O–H groups in total. The Labute approximate surface area is 108 Å². The van der Waals surface area contributed by atoms with Gasteiger partial charge in [0, 0.05) is 12.4 Å². The molecular formula is C12H20BNO4. The zero-order valence-corrected chi connectivity index (χ0v) is 11.0. The predicted molar refractivity (Wildman–Crippen MR) is 67.0 cm³/mol. The lowest BCUT2D eigenvalue weighted by Crippen LogP contribution is -2.34. The van der Waals surface area contributed by atoms with Crippen molar-refractivity contribution in [3.63, 3.8) is 0 Å². The van der Waals surface area contributed by atoms with Crippen molar-refractivity contribution in [2.75, 3.05) is 20.1 Å². The molecule has 3 atom stereocenters. The normalized spacial score (nSPS) is 32.1. The van der Waals surface area contributed by atoms with Gasteiger partial charge in [-0.25, -0.2) is 0 Å². The molecule has 18 heavy (non-hydrogen) atoms. The number of hydrogen-bond acceptors (Lipinski definition) is 5. The second-order valence-electron chi connectivity index (χ2n) is 5.39. The number of likely N-dealkylation sites (N-methyl/N-ethyl adjacent to an activating group) is 1. The minimum Gasteiger partial charge on any atom is -0.507 e. The summed E-state index contributed by atoms with van der Waals surface area (Å²) in [5.41, 5.74) is 0. The van der Waals surface area contributed by atoms with Crippen LogP contribution in [0.1, 0.15) is 26.2 Å². The van der Waals surface area contributed by atoms with Crippen LogP contribution in [0, 0.1) is 5.92 Å². The van der Waals surface area contributed by atoms with E-state index in [-0.39, 0.29) is 13.1 Å². The van der Waals surface area contributed by atoms with Crippen molar-refractivity contribution in [3.8, 4) is 0 Å². The van der Waals surface area contributed by atoms with Gasteiger partial charge in [-0.3, -0.25) is 9.69 Å². The first-order valence-corrected chi connectivity index (χ1v) is 6.60. The number of carbonyl (C=O) groups is 2. The lowest BCUT2D eigenvalue weighted by molar-refractivity contribution is -0.137. The van der Waals surface area contributed by atoms with E-state index < -0.39 is 6.10 Å². The molecule has 5 nitrogen and oxygen atoms in total. The van der Waals surface area contributed by atoms with E-state index in [1.165, 1.54) is 12.8 Å². The van der Waals surface area contributed by atoms with Gasteiger partial charge in [0.05, 0.1) is 6.54 Å². The molecule has 0 spiro atoms. The van der Waals surface area contributed by atoms with Crippen LogP contribution in [-0.2, 0) is 18.9 Å². The van der Waals surface area contributed by atoms with Crippen molar-refractivity contribution in [3.05, 3.63) is 0 Å². The molecule has 2 rings (SSSR count). The third kappa shape index (κ3) is 2.92. The lowest BCUT2D eigenvalue weighted by atomic mass is 9.67. The van der Waals surface area contributed by atoms with E-state index in [0.717, 1.165) is 12.7 Å². The maximum atomic E-state index is 11.7. The third-order valence-electron chi connectivity index (χ3n) is 3.93. The monoisotopic (exact) mass is 253 g/mol. The molecule has 1 saturated carbocycles. The summed E-state index contributed by atoms with van der Waals surface area (Å²) in [4.78, 5) is 23.9. The van der Waals surface area contributed by atoms with E-state index in [1.54, 1.807) is 11.9 Å². The molecule has 100 valence electrons. The Balaban J connectivity index is 1.88. The number of carbonyl (C=O) groups excluding carboxylic acids is 2. The standard InChI is InChI=1S/C12H20BNO4/c1-9-4-3-5-10(9)13-17-11(12(16)18-13)8-14(2)6-7-15/h7,9-11H,3-6,8H2,1-2H3/t9-,10-,11?/m0/s1. The van der Waals surface area contributed by atoms with Gasteiger partial charge in [0.1, 0.15) is 6.29 Å². The molecule has 0 aromatic rings. The Bertz CT molecular complexity index is 325. The first-order valence-electron chi connectivity index (χ1n) is 6.60. The molecule has 2 fully saturated rings. The highest BCUT2D eigenvalue weighted by atomic mass is 16.7. The topological polar surface area (TPSA) is 55.8 Å². The van der Waals surface area contributed by atoms with Crippen molar-refractivity contribution < 1.29 is 18.9 Å². The number of nitrogens with zero attached hydrogens (tertiary/aromatic N) is 1. The Morgan fingerprint density at radius 2 is 2.28 bits per heavy atom. The molecule has 0 amide bonds. The van der Waals surface area contributed by atoms with Gasteiger partial charge >= 0.3 is 13.1 Å². The van der Waals surface area contributed by atoms with Crippen molar-refractivity contribution >= 4 is 19.4 Å². The summed E-state index contributed by atoms with van der Waals surface area (Å²) < 4.78 is 11.0. The van der Waals surface area contributed by atoms with E-state index in [0.29, 0.717) is 24.8 Å². The SMILES string of the molecule is C[C@H]1CCC[C@@H]1B1OC(=O)C(CN(C)CC=O)O1. The minimum absolute atomic E-state index is 0.295. The van der Waals surface area contributed by atoms with Crippen LogP contribution < -0.4 is 0 Å². The molecule has 0 radical (unpaired) electrons. The van der Waals surface area contributed by atoms with Gasteiger partial charge in [0.2, 0.25) is 0 Å². The van der Waals surface area contributed by atoms with E-state index >= 15 is 0 Å². The van der Waals surface area contributed by atoms with Gasteiger partial charge < -0.3 is 14.1 Å². The summed E-state index contributed by atoms with van der Waals surface area (Å²) in [5.74, 6) is 0.585. The Kier molecular flexibility index (Phi) is 4.40. The van der Waals surface area contributed by atoms with Crippen LogP contribution in [-0.4, -0.2) is 50.5 Å². The van der Waals surface area contributed by atoms with E-state index in [4.69, 9.17) is 9.31 Å². The van der Waals surface area contributed by atoms with E-state index in [9.17, 15) is 9.59 Å². The summed E-state index contributed by atoms with van der Waals surface area (Å²) >= 11 is 0. The fraction of sp³-hybridized carbons (Fsp3) is 0.833. The van der Waals surface area contributed by atoms with Crippen molar-refractivity contribution in [2.45, 2.75) is 38.1 Å². The molecule has 0 aromatic carbocycles. The van der Waals surface area contributed by atoms with Gasteiger partial charge in [0.15, 0.2) is 6.10 Å². The summed E-state index contributed by atoms with van der Waals surface area (Å²) in [7, 11) is 1.40. The van der Waals surface area contributed by atoms with Crippen LogP contribution in [0.15, 0.2) is 0 Å². The minimum atomic E-state index is -0.548. The molecule has 0 bridgehead atoms. The first kappa shape index (κ1) is 13.6. The summed E-state index contributed by atoms with van der Waals surface area (Å²) in [6.07, 6.45) is 3.69. The molecule has 1 aliphatic heterocycles. The summed E-state index contributed by atoms with van der Waals surface area (Å²) in [6, 6.07) is 0. The van der Waals surface area contributed by atoms with Crippen LogP contribution in [0.2, 0.25) is 5.82 Å². The van der Waals surface area contributed by atoms with Crippen molar-refractivity contribution in [1.29, 1.82) is 0 Å². The summed E-state index contributed by atoms with van der Waals surface area (Å²) in [6.45, 7) is 2.90. The predicted octanol–water partition coefficient (Wildman–Crippen LogP) is 0.737. The maximum absolute atomic E-state index is 11.7. The van der Waals surface area contributed by atoms with Crippen LogP contribution in [0.25, 0.3) is 0 Å². The average molecular weight is 253 g/mol. The van der Waals surface area contributed by atoms with Gasteiger partial charge in [-0.1, -0.05) is 26.2 Å². The lowest BCUT2D eigenvalue weighted by Gasteiger charge is -2.18. The highest BCUT2D eigenvalue weighted by molar-refractivity contribution is 6.51. The quantitative estimate of drug-likeness (QED) is 0.534. The summed E-state index contributed by atoms with van der Waals surface area (Å²) in [5, 5.41) is 0. The first-order chi connectivity index (χ1) is 8.61. The highest BCUT2D eigenvalue weighted by Gasteiger charge is 2.48. The Morgan fingerprint density at radius 1 is 1.50 bits per heavy atom. The number of aldehydes is 1. The molecule has 6 heteroatoms. The molecule has 1 aliphatic carbocycles. The fourth-order valence-corrected chi connectivity index (χ4v) is 2.80. The van der Waals surface area contributed by atoms with Crippen molar-refractivity contribution in [2.24, 2.45) is 5.92 Å². The van der Waals surface area contributed by atoms with Crippen LogP contribution in [0.3, 0.4) is 0 Å². The number of rotatable bonds is 5. The molecular weight excluding hydrogens is 233 g/mol. The fourth-order valence-electron chi connectivity index (χ4n) is 2.80. The number of hydrogen-bond donors (Lipinski definition) is 0. The molecule has 0 aromatic heterocycles. The third-order valence-corrected chi connectivity index (χ3v) is 3.93. The van der Waals surface area contributed by atoms with Crippen LogP contribution in [0.4, 0.5) is 0 Å². The maximum Gasteiger partial charge on any atom is 0.531 e. The average Bonchev–Trinajstić information content (AvgIpc) is 2.86. The zero-order valence-electron chi connectivity index (χ0n) is 11.0. The van der Waals surface area contributed by atoms with Crippen molar-refractivity contribution in [1.82, 2.24) is 4.90 Å². The van der Waals surface area contributed by atoms with Gasteiger partial charge in [0.25, 0.3) is 0 Å². The van der Waals surface area contributed by atoms with Gasteiger partial charge in [-0.15, -0.1) is 0 Å². The van der Waals surface area contributed by atoms with Crippen LogP contribution >= 0.6 is 0 Å². The Morgan fingerprint density at radius 3 is 2.89 bits per heavy atom. The molecule has 2 aliphatic rings. The van der Waals surface area contributed by atoms with E-state index in [2.05, 4.69) is 6.92 Å². The largest absolute Gasteiger partial charge is 0.531 e. The van der Waals surface area contributed by atoms with Gasteiger partial charge in [-0.2, -0.15) is 0 Å². The van der Waals surface area contributed by atoms with E-state index in [1.807, 2.05) is 0 Å². The Hall–Kier alpha value is -0.875. The van der Waals surface area contributed by atoms with Gasteiger partial charge in [-0.05, 0) is 13.0 Å². The second-order valence-corrected chi connectivity index (χ2v) is 5.39. The van der Waals surface area contributed by atoms with Crippen LogP contribution in [0.5, 0.6) is 0 Å². The molecule has 1 unspecified atom stereocenters. The molecule has 1 saturated heterocycles. The molecule has 1 heterocycles. The highest BCUT2D eigenvalue weighted by Crippen LogP contribution is 2.40. The smallest absolute Gasteiger partial charge is 0.507 e. The zero-order chi connectivity index (χ0) is 13.1. The second kappa shape index (κ2) is 5.84.